The van der Waals surface area contributed by atoms with E-state index in [9.17, 15) is 9.59 Å². The van der Waals surface area contributed by atoms with E-state index in [0.29, 0.717) is 6.42 Å². The fourth-order valence-corrected chi connectivity index (χ4v) is 1.98. The van der Waals surface area contributed by atoms with Crippen LogP contribution in [0.15, 0.2) is 12.2 Å². The predicted molar refractivity (Wildman–Crippen MR) is 69.3 cm³/mol. The van der Waals surface area contributed by atoms with Gasteiger partial charge in [-0.2, -0.15) is 0 Å². The van der Waals surface area contributed by atoms with Gasteiger partial charge < -0.3 is 15.7 Å². The molecule has 2 unspecified atom stereocenters. The lowest BCUT2D eigenvalue weighted by atomic mass is 9.99. The summed E-state index contributed by atoms with van der Waals surface area (Å²) in [7, 11) is 0. The maximum Gasteiger partial charge on any atom is 0.326 e. The molecule has 0 aliphatic heterocycles. The third-order valence-corrected chi connectivity index (χ3v) is 3.37. The Balaban J connectivity index is 2.45. The fraction of sp³-hybridized carbons (Fsp3) is 0.692. The number of hydrogen-bond donors (Lipinski definition) is 3. The summed E-state index contributed by atoms with van der Waals surface area (Å²) in [6.45, 7) is 3.73. The van der Waals surface area contributed by atoms with Gasteiger partial charge in [-0.3, -0.25) is 0 Å². The van der Waals surface area contributed by atoms with E-state index in [4.69, 9.17) is 5.11 Å². The first-order chi connectivity index (χ1) is 8.54. The van der Waals surface area contributed by atoms with Crippen molar-refractivity contribution in [3.05, 3.63) is 12.2 Å². The minimum Gasteiger partial charge on any atom is -0.480 e. The van der Waals surface area contributed by atoms with Crippen LogP contribution in [0.1, 0.15) is 39.5 Å². The topological polar surface area (TPSA) is 78.4 Å². The Labute approximate surface area is 108 Å². The first kappa shape index (κ1) is 14.5. The van der Waals surface area contributed by atoms with Gasteiger partial charge in [0.15, 0.2) is 0 Å². The van der Waals surface area contributed by atoms with Gasteiger partial charge in [-0.15, -0.1) is 0 Å². The summed E-state index contributed by atoms with van der Waals surface area (Å²) >= 11 is 0. The molecule has 0 aromatic rings. The summed E-state index contributed by atoms with van der Waals surface area (Å²) in [6.07, 6.45) is 7.52. The maximum atomic E-state index is 11.7. The van der Waals surface area contributed by atoms with E-state index < -0.39 is 12.0 Å². The number of urea groups is 1. The van der Waals surface area contributed by atoms with Gasteiger partial charge in [0.05, 0.1) is 0 Å². The molecule has 0 spiro atoms. The molecule has 0 bridgehead atoms. The summed E-state index contributed by atoms with van der Waals surface area (Å²) in [4.78, 5) is 22.8. The van der Waals surface area contributed by atoms with Crippen molar-refractivity contribution in [2.24, 2.45) is 5.92 Å². The van der Waals surface area contributed by atoms with Crippen molar-refractivity contribution < 1.29 is 14.7 Å². The van der Waals surface area contributed by atoms with Crippen molar-refractivity contribution >= 4 is 12.0 Å². The van der Waals surface area contributed by atoms with E-state index >= 15 is 0 Å². The molecule has 5 nitrogen and oxygen atoms in total. The predicted octanol–water partition coefficient (Wildman–Crippen LogP) is 1.89. The smallest absolute Gasteiger partial charge is 0.326 e. The first-order valence-corrected chi connectivity index (χ1v) is 6.49. The number of carboxylic acid groups (broad SMARTS) is 1. The van der Waals surface area contributed by atoms with Gasteiger partial charge in [0, 0.05) is 6.04 Å². The molecule has 1 aliphatic rings. The van der Waals surface area contributed by atoms with Gasteiger partial charge in [-0.05, 0) is 25.2 Å². The van der Waals surface area contributed by atoms with Gasteiger partial charge in [-0.25, -0.2) is 9.59 Å². The Morgan fingerprint density at radius 1 is 1.44 bits per heavy atom. The molecule has 0 aromatic heterocycles. The van der Waals surface area contributed by atoms with E-state index in [2.05, 4.69) is 16.7 Å². The number of aliphatic carboxylic acids is 1. The van der Waals surface area contributed by atoms with Gasteiger partial charge in [0.2, 0.25) is 0 Å². The maximum absolute atomic E-state index is 11.7. The molecule has 0 saturated heterocycles. The molecule has 3 atom stereocenters. The molecule has 2 amide bonds. The Bertz CT molecular complexity index is 328. The van der Waals surface area contributed by atoms with Crippen molar-refractivity contribution in [3.8, 4) is 0 Å². The minimum atomic E-state index is -0.983. The van der Waals surface area contributed by atoms with Crippen molar-refractivity contribution in [3.63, 3.8) is 0 Å². The van der Waals surface area contributed by atoms with Crippen molar-refractivity contribution in [2.45, 2.75) is 51.6 Å². The number of hydrogen-bond acceptors (Lipinski definition) is 2. The summed E-state index contributed by atoms with van der Waals surface area (Å²) in [5.74, 6) is -1.07. The highest BCUT2D eigenvalue weighted by Gasteiger charge is 2.26. The summed E-state index contributed by atoms with van der Waals surface area (Å²) < 4.78 is 0. The monoisotopic (exact) mass is 254 g/mol. The lowest BCUT2D eigenvalue weighted by molar-refractivity contribution is -0.140. The van der Waals surface area contributed by atoms with Crippen LogP contribution in [-0.4, -0.2) is 29.2 Å². The summed E-state index contributed by atoms with van der Waals surface area (Å²) in [5, 5.41) is 14.4. The van der Waals surface area contributed by atoms with Crippen LogP contribution in [0, 0.1) is 5.92 Å². The van der Waals surface area contributed by atoms with Crippen LogP contribution in [0.4, 0.5) is 4.79 Å². The van der Waals surface area contributed by atoms with Crippen LogP contribution in [0.25, 0.3) is 0 Å². The van der Waals surface area contributed by atoms with Crippen LogP contribution < -0.4 is 10.6 Å². The third-order valence-electron chi connectivity index (χ3n) is 3.37. The molecule has 1 aliphatic carbocycles. The van der Waals surface area contributed by atoms with E-state index in [1.165, 1.54) is 0 Å². The Morgan fingerprint density at radius 3 is 2.67 bits per heavy atom. The largest absolute Gasteiger partial charge is 0.480 e. The van der Waals surface area contributed by atoms with E-state index in [1.54, 1.807) is 0 Å². The second kappa shape index (κ2) is 7.03. The van der Waals surface area contributed by atoms with E-state index in [1.807, 2.05) is 19.9 Å². The number of carboxylic acids is 1. The number of carbonyl (C=O) groups excluding carboxylic acids is 1. The normalized spacial score (nSPS) is 22.0. The average Bonchev–Trinajstić information content (AvgIpc) is 2.36. The summed E-state index contributed by atoms with van der Waals surface area (Å²) in [6, 6.07) is -1.10. The van der Waals surface area contributed by atoms with Crippen LogP contribution in [-0.2, 0) is 4.79 Å². The second-order valence-corrected chi connectivity index (χ2v) is 4.80. The van der Waals surface area contributed by atoms with Gasteiger partial charge in [0.25, 0.3) is 0 Å². The molecular weight excluding hydrogens is 232 g/mol. The Kier molecular flexibility index (Phi) is 5.68. The van der Waals surface area contributed by atoms with Crippen LogP contribution in [0.3, 0.4) is 0 Å². The highest BCUT2D eigenvalue weighted by Crippen LogP contribution is 2.11. The standard InChI is InChI=1S/C13H22N2O3/c1-3-9(2)11(12(16)17)15-13(18)14-10-7-5-4-6-8-10/h4-5,9-11H,3,6-8H2,1-2H3,(H,16,17)(H2,14,15,18)/t9?,10?,11-/m0/s1. The zero-order valence-corrected chi connectivity index (χ0v) is 11.0. The van der Waals surface area contributed by atoms with Crippen LogP contribution in [0.5, 0.6) is 0 Å². The molecule has 5 heteroatoms. The van der Waals surface area contributed by atoms with Crippen molar-refractivity contribution in [1.82, 2.24) is 10.6 Å². The minimum absolute atomic E-state index is 0.0838. The van der Waals surface area contributed by atoms with Gasteiger partial charge in [0.1, 0.15) is 6.04 Å². The number of nitrogens with one attached hydrogen (secondary N) is 2. The van der Waals surface area contributed by atoms with Gasteiger partial charge >= 0.3 is 12.0 Å². The van der Waals surface area contributed by atoms with Crippen molar-refractivity contribution in [1.29, 1.82) is 0 Å². The van der Waals surface area contributed by atoms with Crippen molar-refractivity contribution in [2.75, 3.05) is 0 Å². The highest BCUT2D eigenvalue weighted by atomic mass is 16.4. The molecule has 0 heterocycles. The molecule has 18 heavy (non-hydrogen) atoms. The van der Waals surface area contributed by atoms with Crippen LogP contribution in [0.2, 0.25) is 0 Å². The number of allylic oxidation sites excluding steroid dienone is 1. The SMILES string of the molecule is CCC(C)[C@H](NC(=O)NC1CC=CCC1)C(=O)O. The molecular formula is C13H22N2O3. The average molecular weight is 254 g/mol. The number of amides is 2. The first-order valence-electron chi connectivity index (χ1n) is 6.49. The molecule has 0 fully saturated rings. The lowest BCUT2D eigenvalue weighted by Crippen LogP contribution is -2.51. The molecule has 1 rings (SSSR count). The molecule has 0 saturated carbocycles. The third kappa shape index (κ3) is 4.39. The highest BCUT2D eigenvalue weighted by molar-refractivity contribution is 5.82. The van der Waals surface area contributed by atoms with Crippen LogP contribution >= 0.6 is 0 Å². The quantitative estimate of drug-likeness (QED) is 0.656. The zero-order valence-electron chi connectivity index (χ0n) is 11.0. The lowest BCUT2D eigenvalue weighted by Gasteiger charge is -2.24. The molecule has 0 radical (unpaired) electrons. The van der Waals surface area contributed by atoms with Gasteiger partial charge in [-0.1, -0.05) is 32.4 Å². The Morgan fingerprint density at radius 2 is 2.17 bits per heavy atom. The van der Waals surface area contributed by atoms with E-state index in [0.717, 1.165) is 19.3 Å². The molecule has 102 valence electrons. The second-order valence-electron chi connectivity index (χ2n) is 4.80. The zero-order chi connectivity index (χ0) is 13.5. The number of carbonyl (C=O) groups is 2. The van der Waals surface area contributed by atoms with E-state index in [-0.39, 0.29) is 18.0 Å². The summed E-state index contributed by atoms with van der Waals surface area (Å²) in [5.41, 5.74) is 0. The Hall–Kier alpha value is -1.52. The molecule has 3 N–H and O–H groups in total. The number of rotatable bonds is 5. The fourth-order valence-electron chi connectivity index (χ4n) is 1.98. The molecule has 0 aromatic carbocycles.